The maximum absolute atomic E-state index is 10.7. The molecule has 2 rings (SSSR count). The van der Waals surface area contributed by atoms with Crippen LogP contribution in [0.15, 0.2) is 9.52 Å². The number of hydrogen-bond acceptors (Lipinski definition) is 5. The fraction of sp³-hybridized carbons (Fsp3) is 0.778. The van der Waals surface area contributed by atoms with Crippen LogP contribution in [0.1, 0.15) is 57.6 Å². The van der Waals surface area contributed by atoms with Gasteiger partial charge in [0.15, 0.2) is 5.96 Å². The predicted octanol–water partition coefficient (Wildman–Crippen LogP) is 3.12. The van der Waals surface area contributed by atoms with Crippen LogP contribution >= 0.6 is 35.7 Å². The van der Waals surface area contributed by atoms with Gasteiger partial charge >= 0.3 is 0 Å². The average Bonchev–Trinajstić information content (AvgIpc) is 3.02. The Morgan fingerprint density at radius 1 is 1.31 bits per heavy atom. The molecule has 1 heterocycles. The van der Waals surface area contributed by atoms with Crippen molar-refractivity contribution in [2.75, 3.05) is 18.8 Å². The lowest BCUT2D eigenvalue weighted by atomic mass is 9.79. The zero-order chi connectivity index (χ0) is 18.3. The number of nitrogens with one attached hydrogen (secondary N) is 2. The number of rotatable bonds is 9. The predicted molar refractivity (Wildman–Crippen MR) is 120 cm³/mol. The van der Waals surface area contributed by atoms with Crippen molar-refractivity contribution >= 4 is 41.7 Å². The molecule has 3 N–H and O–H groups in total. The van der Waals surface area contributed by atoms with E-state index in [0.29, 0.717) is 18.3 Å². The topological polar surface area (TPSA) is 82.7 Å². The molecule has 0 amide bonds. The Morgan fingerprint density at radius 3 is 2.62 bits per heavy atom. The second-order valence-electron chi connectivity index (χ2n) is 6.37. The molecule has 0 aromatic carbocycles. The minimum atomic E-state index is -0.628. The molecule has 0 radical (unpaired) electrons. The van der Waals surface area contributed by atoms with E-state index in [2.05, 4.69) is 41.6 Å². The molecule has 6 nitrogen and oxygen atoms in total. The van der Waals surface area contributed by atoms with Crippen LogP contribution in [0.3, 0.4) is 0 Å². The SMILES string of the molecule is CCNC(=NCc1c(CC)noc1CC)NCC1(O)CCC1SCC.I. The second-order valence-corrected chi connectivity index (χ2v) is 7.85. The summed E-state index contributed by atoms with van der Waals surface area (Å²) in [6.45, 7) is 10.2. The standard InChI is InChI=1S/C18H32N4O2S.HI/c1-5-14-13(15(6-2)24-22-14)11-20-17(19-7-3)21-12-18(23)10-9-16(18)25-8-4;/h16,23H,5-12H2,1-4H3,(H2,19,20,21);1H. The van der Waals surface area contributed by atoms with Crippen molar-refractivity contribution < 1.29 is 9.63 Å². The van der Waals surface area contributed by atoms with E-state index in [4.69, 9.17) is 4.52 Å². The highest BCUT2D eigenvalue weighted by atomic mass is 127. The van der Waals surface area contributed by atoms with Crippen LogP contribution in [0.2, 0.25) is 0 Å². The van der Waals surface area contributed by atoms with E-state index in [-0.39, 0.29) is 24.0 Å². The zero-order valence-corrected chi connectivity index (χ0v) is 19.4. The Labute approximate surface area is 178 Å². The first-order valence-electron chi connectivity index (χ1n) is 9.40. The number of thioether (sulfide) groups is 1. The molecule has 1 aromatic rings. The van der Waals surface area contributed by atoms with Crippen molar-refractivity contribution in [2.45, 2.75) is 70.8 Å². The van der Waals surface area contributed by atoms with Gasteiger partial charge in [0.25, 0.3) is 0 Å². The van der Waals surface area contributed by atoms with E-state index in [1.165, 1.54) is 0 Å². The van der Waals surface area contributed by atoms with E-state index in [1.54, 1.807) is 0 Å². The maximum Gasteiger partial charge on any atom is 0.191 e. The van der Waals surface area contributed by atoms with Gasteiger partial charge in [-0.2, -0.15) is 11.8 Å². The van der Waals surface area contributed by atoms with Gasteiger partial charge in [0, 0.05) is 30.3 Å². The van der Waals surface area contributed by atoms with Crippen LogP contribution in [0.5, 0.6) is 0 Å². The van der Waals surface area contributed by atoms with Gasteiger partial charge in [0.1, 0.15) is 5.76 Å². The highest BCUT2D eigenvalue weighted by molar-refractivity contribution is 14.0. The van der Waals surface area contributed by atoms with Crippen molar-refractivity contribution in [3.8, 4) is 0 Å². The summed E-state index contributed by atoms with van der Waals surface area (Å²) in [5, 5.41) is 21.8. The van der Waals surface area contributed by atoms with Crippen LogP contribution in [-0.2, 0) is 19.4 Å². The van der Waals surface area contributed by atoms with Crippen LogP contribution in [0.25, 0.3) is 0 Å². The number of aliphatic hydroxyl groups is 1. The molecule has 1 aliphatic carbocycles. The Kier molecular flexibility index (Phi) is 10.3. The van der Waals surface area contributed by atoms with Gasteiger partial charge < -0.3 is 20.3 Å². The second kappa shape index (κ2) is 11.4. The quantitative estimate of drug-likeness (QED) is 0.277. The number of aliphatic imine (C=N–C) groups is 1. The lowest BCUT2D eigenvalue weighted by Crippen LogP contribution is -2.58. The minimum Gasteiger partial charge on any atom is -0.387 e. The van der Waals surface area contributed by atoms with E-state index < -0.39 is 5.60 Å². The van der Waals surface area contributed by atoms with Gasteiger partial charge in [-0.3, -0.25) is 0 Å². The lowest BCUT2D eigenvalue weighted by Gasteiger charge is -2.45. The third-order valence-electron chi connectivity index (χ3n) is 4.72. The first-order valence-corrected chi connectivity index (χ1v) is 10.4. The number of guanidine groups is 1. The molecule has 0 bridgehead atoms. The third-order valence-corrected chi connectivity index (χ3v) is 6.13. The first-order chi connectivity index (χ1) is 12.1. The molecule has 1 aromatic heterocycles. The van der Waals surface area contributed by atoms with Gasteiger partial charge in [-0.15, -0.1) is 24.0 Å². The van der Waals surface area contributed by atoms with E-state index in [0.717, 1.165) is 61.0 Å². The highest BCUT2D eigenvalue weighted by Gasteiger charge is 2.45. The summed E-state index contributed by atoms with van der Waals surface area (Å²) in [4.78, 5) is 4.68. The maximum atomic E-state index is 10.7. The van der Waals surface area contributed by atoms with Gasteiger partial charge in [0.05, 0.1) is 17.8 Å². The van der Waals surface area contributed by atoms with Crippen molar-refractivity contribution in [1.29, 1.82) is 0 Å². The fourth-order valence-corrected chi connectivity index (χ4v) is 4.29. The molecule has 0 saturated heterocycles. The minimum absolute atomic E-state index is 0. The van der Waals surface area contributed by atoms with Crippen LogP contribution in [0, 0.1) is 0 Å². The van der Waals surface area contributed by atoms with E-state index in [9.17, 15) is 5.11 Å². The molecule has 1 saturated carbocycles. The van der Waals surface area contributed by atoms with E-state index in [1.807, 2.05) is 18.7 Å². The van der Waals surface area contributed by atoms with Crippen LogP contribution < -0.4 is 10.6 Å². The first kappa shape index (κ1) is 23.6. The Hall–Kier alpha value is -0.480. The summed E-state index contributed by atoms with van der Waals surface area (Å²) in [6, 6.07) is 0. The van der Waals surface area contributed by atoms with Gasteiger partial charge in [-0.25, -0.2) is 4.99 Å². The number of nitrogens with zero attached hydrogens (tertiary/aromatic N) is 2. The highest BCUT2D eigenvalue weighted by Crippen LogP contribution is 2.40. The molecule has 1 fully saturated rings. The molecule has 8 heteroatoms. The fourth-order valence-electron chi connectivity index (χ4n) is 3.09. The molecular weight excluding hydrogens is 463 g/mol. The monoisotopic (exact) mass is 496 g/mol. The van der Waals surface area contributed by atoms with E-state index >= 15 is 0 Å². The van der Waals surface area contributed by atoms with Crippen molar-refractivity contribution in [3.05, 3.63) is 17.0 Å². The number of aryl methyl sites for hydroxylation is 2. The Balaban J connectivity index is 0.00000338. The zero-order valence-electron chi connectivity index (χ0n) is 16.3. The van der Waals surface area contributed by atoms with Crippen LogP contribution in [-0.4, -0.2) is 45.9 Å². The summed E-state index contributed by atoms with van der Waals surface area (Å²) in [5.74, 6) is 2.68. The molecule has 2 unspecified atom stereocenters. The molecule has 2 atom stereocenters. The largest absolute Gasteiger partial charge is 0.387 e. The third kappa shape index (κ3) is 5.76. The number of hydrogen-bond donors (Lipinski definition) is 3. The molecule has 150 valence electrons. The summed E-state index contributed by atoms with van der Waals surface area (Å²) in [6.07, 6.45) is 3.60. The van der Waals surface area contributed by atoms with Gasteiger partial charge in [-0.05, 0) is 31.9 Å². The molecule has 26 heavy (non-hydrogen) atoms. The lowest BCUT2D eigenvalue weighted by molar-refractivity contribution is -0.0198. The van der Waals surface area contributed by atoms with Gasteiger partial charge in [-0.1, -0.05) is 25.9 Å². The number of halogens is 1. The van der Waals surface area contributed by atoms with Crippen molar-refractivity contribution in [2.24, 2.45) is 4.99 Å². The average molecular weight is 496 g/mol. The molecular formula is C18H33IN4O2S. The van der Waals surface area contributed by atoms with Crippen molar-refractivity contribution in [1.82, 2.24) is 15.8 Å². The molecule has 1 aliphatic rings. The smallest absolute Gasteiger partial charge is 0.191 e. The van der Waals surface area contributed by atoms with Gasteiger partial charge in [0.2, 0.25) is 0 Å². The Bertz CT molecular complexity index is 560. The summed E-state index contributed by atoms with van der Waals surface area (Å²) >= 11 is 1.84. The van der Waals surface area contributed by atoms with Crippen LogP contribution in [0.4, 0.5) is 0 Å². The van der Waals surface area contributed by atoms with Crippen molar-refractivity contribution in [3.63, 3.8) is 0 Å². The molecule has 0 aliphatic heterocycles. The molecule has 0 spiro atoms. The Morgan fingerprint density at radius 2 is 2.08 bits per heavy atom. The summed E-state index contributed by atoms with van der Waals surface area (Å²) < 4.78 is 5.41. The summed E-state index contributed by atoms with van der Waals surface area (Å²) in [5.41, 5.74) is 1.44. The number of aromatic nitrogens is 1. The summed E-state index contributed by atoms with van der Waals surface area (Å²) in [7, 11) is 0. The normalized spacial score (nSPS) is 22.5.